The van der Waals surface area contributed by atoms with Crippen molar-refractivity contribution in [2.45, 2.75) is 25.6 Å². The second-order valence-electron chi connectivity index (χ2n) is 5.02. The molecule has 0 aliphatic carbocycles. The highest BCUT2D eigenvalue weighted by Crippen LogP contribution is 2.41. The van der Waals surface area contributed by atoms with E-state index in [2.05, 4.69) is 28.9 Å². The number of hydrogen-bond acceptors (Lipinski definition) is 3. The second-order valence-corrected chi connectivity index (χ2v) is 5.93. The molecule has 1 aromatic carbocycles. The second kappa shape index (κ2) is 5.17. The average molecular weight is 337 g/mol. The standard InChI is InChI=1S/C16H17BrO3/c1-9-10(2)20-11(3)15(9)16(17)12-4-5-13-14(8-12)19-7-6-18-13/h4-5,8,16H,6-7H2,1-3H3. The summed E-state index contributed by atoms with van der Waals surface area (Å²) in [5.41, 5.74) is 3.53. The Labute approximate surface area is 127 Å². The zero-order chi connectivity index (χ0) is 14.3. The van der Waals surface area contributed by atoms with Gasteiger partial charge >= 0.3 is 0 Å². The normalized spacial score (nSPS) is 15.2. The molecule has 0 fully saturated rings. The van der Waals surface area contributed by atoms with Gasteiger partial charge in [-0.1, -0.05) is 22.0 Å². The molecule has 2 aromatic rings. The largest absolute Gasteiger partial charge is 0.486 e. The highest BCUT2D eigenvalue weighted by atomic mass is 79.9. The summed E-state index contributed by atoms with van der Waals surface area (Å²) in [7, 11) is 0. The fourth-order valence-electron chi connectivity index (χ4n) is 2.57. The van der Waals surface area contributed by atoms with Gasteiger partial charge in [0, 0.05) is 5.56 Å². The maximum absolute atomic E-state index is 5.71. The Balaban J connectivity index is 2.00. The van der Waals surface area contributed by atoms with Gasteiger partial charge in [0.15, 0.2) is 11.5 Å². The Morgan fingerprint density at radius 3 is 2.35 bits per heavy atom. The zero-order valence-corrected chi connectivity index (χ0v) is 13.4. The highest BCUT2D eigenvalue weighted by Gasteiger charge is 2.22. The molecule has 0 amide bonds. The Morgan fingerprint density at radius 1 is 1.00 bits per heavy atom. The van der Waals surface area contributed by atoms with Crippen LogP contribution in [0.25, 0.3) is 0 Å². The van der Waals surface area contributed by atoms with Gasteiger partial charge in [-0.25, -0.2) is 0 Å². The Kier molecular flexibility index (Phi) is 3.50. The summed E-state index contributed by atoms with van der Waals surface area (Å²) in [6, 6.07) is 6.07. The Hall–Kier alpha value is -1.42. The van der Waals surface area contributed by atoms with Gasteiger partial charge in [-0.3, -0.25) is 0 Å². The Bertz CT molecular complexity index is 645. The smallest absolute Gasteiger partial charge is 0.161 e. The van der Waals surface area contributed by atoms with Crippen LogP contribution < -0.4 is 9.47 Å². The zero-order valence-electron chi connectivity index (χ0n) is 11.8. The topological polar surface area (TPSA) is 31.6 Å². The minimum absolute atomic E-state index is 0.0933. The van der Waals surface area contributed by atoms with Crippen molar-refractivity contribution in [3.05, 3.63) is 46.4 Å². The van der Waals surface area contributed by atoms with Crippen molar-refractivity contribution in [2.24, 2.45) is 0 Å². The third-order valence-electron chi connectivity index (χ3n) is 3.73. The van der Waals surface area contributed by atoms with Gasteiger partial charge in [-0.2, -0.15) is 0 Å². The molecule has 3 nitrogen and oxygen atoms in total. The minimum atomic E-state index is 0.0933. The van der Waals surface area contributed by atoms with Crippen LogP contribution in [-0.2, 0) is 0 Å². The number of furan rings is 1. The Morgan fingerprint density at radius 2 is 1.70 bits per heavy atom. The predicted octanol–water partition coefficient (Wildman–Crippen LogP) is 4.46. The van der Waals surface area contributed by atoms with Crippen molar-refractivity contribution in [3.63, 3.8) is 0 Å². The van der Waals surface area contributed by atoms with Crippen LogP contribution in [-0.4, -0.2) is 13.2 Å². The van der Waals surface area contributed by atoms with E-state index in [4.69, 9.17) is 13.9 Å². The predicted molar refractivity (Wildman–Crippen MR) is 81.1 cm³/mol. The molecule has 3 rings (SSSR count). The summed E-state index contributed by atoms with van der Waals surface area (Å²) in [4.78, 5) is 0.0933. The fraction of sp³-hybridized carbons (Fsp3) is 0.375. The lowest BCUT2D eigenvalue weighted by molar-refractivity contribution is 0.171. The number of fused-ring (bicyclic) bond motifs is 1. The minimum Gasteiger partial charge on any atom is -0.486 e. The third-order valence-corrected chi connectivity index (χ3v) is 4.72. The van der Waals surface area contributed by atoms with Crippen LogP contribution in [0.4, 0.5) is 0 Å². The number of hydrogen-bond donors (Lipinski definition) is 0. The molecule has 0 spiro atoms. The van der Waals surface area contributed by atoms with Gasteiger partial charge < -0.3 is 13.9 Å². The van der Waals surface area contributed by atoms with Crippen molar-refractivity contribution in [1.29, 1.82) is 0 Å². The average Bonchev–Trinajstić information content (AvgIpc) is 2.71. The molecule has 1 atom stereocenters. The van der Waals surface area contributed by atoms with Crippen LogP contribution in [0.5, 0.6) is 11.5 Å². The van der Waals surface area contributed by atoms with Crippen LogP contribution in [0, 0.1) is 20.8 Å². The summed E-state index contributed by atoms with van der Waals surface area (Å²) >= 11 is 3.78. The molecule has 2 heterocycles. The van der Waals surface area contributed by atoms with Crippen LogP contribution in [0.3, 0.4) is 0 Å². The van der Waals surface area contributed by atoms with Crippen molar-refractivity contribution in [2.75, 3.05) is 13.2 Å². The maximum Gasteiger partial charge on any atom is 0.161 e. The van der Waals surface area contributed by atoms with Gasteiger partial charge in [0.05, 0.1) is 4.83 Å². The first-order valence-electron chi connectivity index (χ1n) is 6.68. The molecule has 1 aliphatic heterocycles. The lowest BCUT2D eigenvalue weighted by Gasteiger charge is -2.20. The first kappa shape index (κ1) is 13.6. The summed E-state index contributed by atoms with van der Waals surface area (Å²) in [5, 5.41) is 0. The van der Waals surface area contributed by atoms with Gasteiger partial charge in [-0.05, 0) is 44.0 Å². The molecule has 4 heteroatoms. The molecule has 1 unspecified atom stereocenters. The lowest BCUT2D eigenvalue weighted by Crippen LogP contribution is -2.15. The van der Waals surface area contributed by atoms with E-state index >= 15 is 0 Å². The van der Waals surface area contributed by atoms with Crippen LogP contribution in [0.1, 0.15) is 33.0 Å². The number of rotatable bonds is 2. The van der Waals surface area contributed by atoms with Crippen molar-refractivity contribution in [3.8, 4) is 11.5 Å². The first-order valence-corrected chi connectivity index (χ1v) is 7.59. The van der Waals surface area contributed by atoms with E-state index in [-0.39, 0.29) is 4.83 Å². The van der Waals surface area contributed by atoms with Crippen molar-refractivity contribution < 1.29 is 13.9 Å². The van der Waals surface area contributed by atoms with E-state index in [1.807, 2.05) is 26.0 Å². The number of alkyl halides is 1. The molecular weight excluding hydrogens is 320 g/mol. The van der Waals surface area contributed by atoms with E-state index in [9.17, 15) is 0 Å². The van der Waals surface area contributed by atoms with Gasteiger partial charge in [0.2, 0.25) is 0 Å². The molecule has 0 saturated carbocycles. The molecule has 20 heavy (non-hydrogen) atoms. The number of benzene rings is 1. The number of ether oxygens (including phenoxy) is 2. The lowest BCUT2D eigenvalue weighted by atomic mass is 10.0. The maximum atomic E-state index is 5.71. The van der Waals surface area contributed by atoms with Crippen molar-refractivity contribution >= 4 is 15.9 Å². The van der Waals surface area contributed by atoms with E-state index in [1.54, 1.807) is 0 Å². The van der Waals surface area contributed by atoms with Crippen LogP contribution in [0.2, 0.25) is 0 Å². The van der Waals surface area contributed by atoms with Crippen LogP contribution >= 0.6 is 15.9 Å². The summed E-state index contributed by atoms with van der Waals surface area (Å²) < 4.78 is 16.9. The fourth-order valence-corrected chi connectivity index (χ4v) is 3.52. The van der Waals surface area contributed by atoms with Crippen LogP contribution in [0.15, 0.2) is 22.6 Å². The third kappa shape index (κ3) is 2.22. The summed E-state index contributed by atoms with van der Waals surface area (Å²) in [6.07, 6.45) is 0. The van der Waals surface area contributed by atoms with E-state index in [0.717, 1.165) is 28.6 Å². The monoisotopic (exact) mass is 336 g/mol. The van der Waals surface area contributed by atoms with E-state index < -0.39 is 0 Å². The molecule has 0 N–H and O–H groups in total. The summed E-state index contributed by atoms with van der Waals surface area (Å²) in [5.74, 6) is 3.56. The SMILES string of the molecule is Cc1oc(C)c(C(Br)c2ccc3c(c2)OCCO3)c1C. The molecule has 0 saturated heterocycles. The first-order chi connectivity index (χ1) is 9.58. The quantitative estimate of drug-likeness (QED) is 0.758. The number of aryl methyl sites for hydroxylation is 2. The number of halogens is 1. The molecule has 0 radical (unpaired) electrons. The molecule has 106 valence electrons. The molecular formula is C16H17BrO3. The van der Waals surface area contributed by atoms with Gasteiger partial charge in [-0.15, -0.1) is 0 Å². The highest BCUT2D eigenvalue weighted by molar-refractivity contribution is 9.09. The van der Waals surface area contributed by atoms with E-state index in [0.29, 0.717) is 13.2 Å². The van der Waals surface area contributed by atoms with E-state index in [1.165, 1.54) is 11.1 Å². The molecule has 1 aliphatic rings. The van der Waals surface area contributed by atoms with Crippen molar-refractivity contribution in [1.82, 2.24) is 0 Å². The molecule has 1 aromatic heterocycles. The van der Waals surface area contributed by atoms with Gasteiger partial charge in [0.1, 0.15) is 24.7 Å². The van der Waals surface area contributed by atoms with Gasteiger partial charge in [0.25, 0.3) is 0 Å². The summed E-state index contributed by atoms with van der Waals surface area (Å²) in [6.45, 7) is 7.31. The molecule has 0 bridgehead atoms.